The third-order valence-electron chi connectivity index (χ3n) is 5.80. The molecule has 0 bridgehead atoms. The number of hydrogen-bond acceptors (Lipinski definition) is 6. The van der Waals surface area contributed by atoms with Crippen LogP contribution >= 0.6 is 11.6 Å². The second kappa shape index (κ2) is 11.7. The average Bonchev–Trinajstić information content (AvgIpc) is 2.93. The topological polar surface area (TPSA) is 102 Å². The molecule has 13 heteroatoms. The zero-order chi connectivity index (χ0) is 28.2. The maximum Gasteiger partial charge on any atom is 0.417 e. The van der Waals surface area contributed by atoms with Gasteiger partial charge < -0.3 is 14.8 Å². The lowest BCUT2D eigenvalue weighted by Gasteiger charge is -2.26. The Morgan fingerprint density at radius 1 is 0.974 bits per heavy atom. The summed E-state index contributed by atoms with van der Waals surface area (Å²) >= 11 is 5.65. The zero-order valence-corrected chi connectivity index (χ0v) is 21.7. The maximum absolute atomic E-state index is 13.2. The molecule has 1 fully saturated rings. The Balaban J connectivity index is 1.54. The van der Waals surface area contributed by atoms with Crippen molar-refractivity contribution in [2.75, 3.05) is 31.6 Å². The van der Waals surface area contributed by atoms with Crippen LogP contribution in [0, 0.1) is 0 Å². The molecule has 8 nitrogen and oxygen atoms in total. The Morgan fingerprint density at radius 2 is 1.62 bits per heavy atom. The predicted molar refractivity (Wildman–Crippen MR) is 136 cm³/mol. The van der Waals surface area contributed by atoms with E-state index in [1.54, 1.807) is 18.2 Å². The summed E-state index contributed by atoms with van der Waals surface area (Å²) in [5.74, 6) is -1.85. The van der Waals surface area contributed by atoms with Crippen LogP contribution in [0.15, 0.2) is 77.7 Å². The van der Waals surface area contributed by atoms with Crippen LogP contribution in [-0.4, -0.2) is 50.9 Å². The summed E-state index contributed by atoms with van der Waals surface area (Å²) < 4.78 is 77.3. The largest absolute Gasteiger partial charge is 0.444 e. The summed E-state index contributed by atoms with van der Waals surface area (Å²) in [5.41, 5.74) is -1.11. The number of carbonyl (C=O) groups is 2. The van der Waals surface area contributed by atoms with Gasteiger partial charge in [0.15, 0.2) is 0 Å². The second-order valence-corrected chi connectivity index (χ2v) is 10.8. The number of anilines is 1. The monoisotopic (exact) mass is 582 g/mol. The minimum atomic E-state index is -4.75. The van der Waals surface area contributed by atoms with Gasteiger partial charge in [0, 0.05) is 24.3 Å². The van der Waals surface area contributed by atoms with Crippen molar-refractivity contribution in [1.29, 1.82) is 0 Å². The van der Waals surface area contributed by atoms with E-state index in [1.165, 1.54) is 46.8 Å². The van der Waals surface area contributed by atoms with Crippen LogP contribution in [0.5, 0.6) is 0 Å². The van der Waals surface area contributed by atoms with E-state index in [9.17, 15) is 31.2 Å². The summed E-state index contributed by atoms with van der Waals surface area (Å²) in [7, 11) is -3.79. The minimum absolute atomic E-state index is 0.0264. The number of esters is 1. The number of nitrogens with zero attached hydrogens (tertiary/aromatic N) is 1. The van der Waals surface area contributed by atoms with E-state index in [1.807, 2.05) is 0 Å². The lowest BCUT2D eigenvalue weighted by molar-refractivity contribution is -0.137. The number of amides is 1. The molecule has 39 heavy (non-hydrogen) atoms. The fourth-order valence-corrected chi connectivity index (χ4v) is 5.44. The SMILES string of the molecule is O=C(O[C@@H](C(=O)Nc1ccc(Cl)c(C(F)(F)F)c1)c1ccccc1)c1ccc(S(=O)(=O)N2CCOCC2)cc1. The number of hydrogen-bond donors (Lipinski definition) is 1. The van der Waals surface area contributed by atoms with E-state index in [0.717, 1.165) is 6.07 Å². The van der Waals surface area contributed by atoms with E-state index in [4.69, 9.17) is 21.1 Å². The van der Waals surface area contributed by atoms with E-state index < -0.39 is 44.8 Å². The van der Waals surface area contributed by atoms with Crippen molar-refractivity contribution in [2.24, 2.45) is 0 Å². The van der Waals surface area contributed by atoms with Gasteiger partial charge in [-0.1, -0.05) is 41.9 Å². The van der Waals surface area contributed by atoms with Crippen LogP contribution in [-0.2, 0) is 30.5 Å². The van der Waals surface area contributed by atoms with Gasteiger partial charge in [-0.3, -0.25) is 4.79 Å². The smallest absolute Gasteiger partial charge is 0.417 e. The van der Waals surface area contributed by atoms with Gasteiger partial charge in [-0.05, 0) is 42.5 Å². The lowest BCUT2D eigenvalue weighted by atomic mass is 10.1. The highest BCUT2D eigenvalue weighted by Crippen LogP contribution is 2.36. The van der Waals surface area contributed by atoms with Crippen molar-refractivity contribution < 1.29 is 40.7 Å². The number of morpholine rings is 1. The van der Waals surface area contributed by atoms with Gasteiger partial charge in [-0.25, -0.2) is 13.2 Å². The molecule has 0 spiro atoms. The summed E-state index contributed by atoms with van der Waals surface area (Å²) in [4.78, 5) is 26.0. The molecule has 1 N–H and O–H groups in total. The quantitative estimate of drug-likeness (QED) is 0.397. The van der Waals surface area contributed by atoms with Gasteiger partial charge in [0.05, 0.1) is 34.3 Å². The fraction of sp³-hybridized carbons (Fsp3) is 0.231. The molecule has 0 radical (unpaired) electrons. The van der Waals surface area contributed by atoms with Crippen molar-refractivity contribution in [3.8, 4) is 0 Å². The third kappa shape index (κ3) is 6.77. The molecular weight excluding hydrogens is 561 g/mol. The maximum atomic E-state index is 13.2. The number of carbonyl (C=O) groups excluding carboxylic acids is 2. The number of ether oxygens (including phenoxy) is 2. The molecule has 3 aromatic rings. The van der Waals surface area contributed by atoms with E-state index in [2.05, 4.69) is 5.32 Å². The highest BCUT2D eigenvalue weighted by atomic mass is 35.5. The first-order valence-electron chi connectivity index (χ1n) is 11.6. The lowest BCUT2D eigenvalue weighted by Crippen LogP contribution is -2.40. The molecule has 1 aliphatic heterocycles. The van der Waals surface area contributed by atoms with Gasteiger partial charge in [0.1, 0.15) is 0 Å². The fourth-order valence-electron chi connectivity index (χ4n) is 3.80. The molecule has 1 aliphatic rings. The number of halogens is 4. The minimum Gasteiger partial charge on any atom is -0.444 e. The van der Waals surface area contributed by atoms with Crippen LogP contribution in [0.3, 0.4) is 0 Å². The number of alkyl halides is 3. The van der Waals surface area contributed by atoms with E-state index >= 15 is 0 Å². The molecule has 0 saturated carbocycles. The number of sulfonamides is 1. The van der Waals surface area contributed by atoms with Gasteiger partial charge in [0.2, 0.25) is 16.1 Å². The standard InChI is InChI=1S/C26H22ClF3N2O6S/c27-22-11-8-19(16-21(22)26(28,29)30)31-24(33)23(17-4-2-1-3-5-17)38-25(34)18-6-9-20(10-7-18)39(35,36)32-12-14-37-15-13-32/h1-11,16,23H,12-15H2,(H,31,33)/t23-/m1/s1. The molecule has 4 rings (SSSR count). The van der Waals surface area contributed by atoms with Gasteiger partial charge in [-0.2, -0.15) is 17.5 Å². The van der Waals surface area contributed by atoms with Crippen LogP contribution in [0.2, 0.25) is 5.02 Å². The number of rotatable bonds is 7. The Bertz CT molecular complexity index is 1440. The van der Waals surface area contributed by atoms with Crippen LogP contribution in [0.25, 0.3) is 0 Å². The van der Waals surface area contributed by atoms with Gasteiger partial charge >= 0.3 is 12.1 Å². The first-order valence-corrected chi connectivity index (χ1v) is 13.4. The summed E-state index contributed by atoms with van der Waals surface area (Å²) in [6.45, 7) is 0.969. The predicted octanol–water partition coefficient (Wildman–Crippen LogP) is 4.92. The molecular formula is C26H22ClF3N2O6S. The molecule has 3 aromatic carbocycles. The molecule has 1 atom stereocenters. The number of benzene rings is 3. The van der Waals surface area contributed by atoms with E-state index in [0.29, 0.717) is 6.07 Å². The number of nitrogens with one attached hydrogen (secondary N) is 1. The van der Waals surface area contributed by atoms with Gasteiger partial charge in [-0.15, -0.1) is 0 Å². The van der Waals surface area contributed by atoms with E-state index in [-0.39, 0.29) is 48.0 Å². The van der Waals surface area contributed by atoms with Gasteiger partial charge in [0.25, 0.3) is 5.91 Å². The molecule has 1 amide bonds. The molecule has 0 aliphatic carbocycles. The van der Waals surface area contributed by atoms with Crippen molar-refractivity contribution in [1.82, 2.24) is 4.31 Å². The third-order valence-corrected chi connectivity index (χ3v) is 8.04. The second-order valence-electron chi connectivity index (χ2n) is 8.42. The molecule has 1 saturated heterocycles. The molecule has 0 aromatic heterocycles. The summed E-state index contributed by atoms with van der Waals surface area (Å²) in [6, 6.07) is 15.8. The highest BCUT2D eigenvalue weighted by molar-refractivity contribution is 7.89. The van der Waals surface area contributed by atoms with Crippen LogP contribution < -0.4 is 5.32 Å². The molecule has 0 unspecified atom stereocenters. The zero-order valence-electron chi connectivity index (χ0n) is 20.2. The molecule has 1 heterocycles. The van der Waals surface area contributed by atoms with Crippen molar-refractivity contribution in [2.45, 2.75) is 17.2 Å². The average molecular weight is 583 g/mol. The van der Waals surface area contributed by atoms with Crippen molar-refractivity contribution in [3.05, 3.63) is 94.5 Å². The van der Waals surface area contributed by atoms with Crippen molar-refractivity contribution in [3.63, 3.8) is 0 Å². The summed E-state index contributed by atoms with van der Waals surface area (Å²) in [5, 5.41) is 1.80. The normalized spacial score (nSPS) is 15.4. The first-order chi connectivity index (χ1) is 18.5. The Kier molecular flexibility index (Phi) is 8.60. The first kappa shape index (κ1) is 28.6. The van der Waals surface area contributed by atoms with Crippen LogP contribution in [0.4, 0.5) is 18.9 Å². The summed E-state index contributed by atoms with van der Waals surface area (Å²) in [6.07, 6.45) is -6.27. The highest BCUT2D eigenvalue weighted by Gasteiger charge is 2.34. The van der Waals surface area contributed by atoms with Crippen molar-refractivity contribution >= 4 is 39.2 Å². The molecule has 206 valence electrons. The Hall–Kier alpha value is -3.45. The Morgan fingerprint density at radius 3 is 2.23 bits per heavy atom. The Labute approximate surface area is 227 Å². The van der Waals surface area contributed by atoms with Crippen LogP contribution in [0.1, 0.15) is 27.6 Å².